The van der Waals surface area contributed by atoms with Gasteiger partial charge in [0.15, 0.2) is 6.10 Å². The minimum Gasteiger partial charge on any atom is -0.479 e. The van der Waals surface area contributed by atoms with Gasteiger partial charge in [0.05, 0.1) is 0 Å². The van der Waals surface area contributed by atoms with Crippen LogP contribution in [0.4, 0.5) is 0 Å². The van der Waals surface area contributed by atoms with Crippen molar-refractivity contribution < 1.29 is 14.6 Å². The van der Waals surface area contributed by atoms with Crippen LogP contribution in [-0.2, 0) is 4.79 Å². The maximum atomic E-state index is 11.2. The van der Waals surface area contributed by atoms with Crippen LogP contribution in [0.2, 0.25) is 0 Å². The summed E-state index contributed by atoms with van der Waals surface area (Å²) in [4.78, 5) is 11.2. The quantitative estimate of drug-likeness (QED) is 0.838. The summed E-state index contributed by atoms with van der Waals surface area (Å²) in [5.74, 6) is 0.456. The summed E-state index contributed by atoms with van der Waals surface area (Å²) < 4.78 is 5.81. The number of rotatable bonds is 6. The second-order valence-electron chi connectivity index (χ2n) is 5.43. The first-order valence-electron chi connectivity index (χ1n) is 6.90. The average Bonchev–Trinajstić information content (AvgIpc) is 2.34. The largest absolute Gasteiger partial charge is 0.479 e. The van der Waals surface area contributed by atoms with Crippen molar-refractivity contribution in [2.24, 2.45) is 0 Å². The zero-order valence-corrected chi connectivity index (χ0v) is 12.4. The molecule has 0 aromatic heterocycles. The van der Waals surface area contributed by atoms with Crippen LogP contribution in [0, 0.1) is 0 Å². The van der Waals surface area contributed by atoms with Gasteiger partial charge >= 0.3 is 5.97 Å². The lowest BCUT2D eigenvalue weighted by atomic mass is 9.94. The van der Waals surface area contributed by atoms with Crippen molar-refractivity contribution in [3.05, 3.63) is 29.3 Å². The maximum Gasteiger partial charge on any atom is 0.344 e. The van der Waals surface area contributed by atoms with Gasteiger partial charge in [-0.2, -0.15) is 0 Å². The van der Waals surface area contributed by atoms with Gasteiger partial charge in [-0.15, -0.1) is 0 Å². The number of carboxylic acids is 1. The van der Waals surface area contributed by atoms with Gasteiger partial charge in [-0.3, -0.25) is 0 Å². The predicted molar refractivity (Wildman–Crippen MR) is 77.0 cm³/mol. The number of benzene rings is 1. The highest BCUT2D eigenvalue weighted by Gasteiger charge is 2.22. The second kappa shape index (κ2) is 6.60. The number of carbonyl (C=O) groups is 1. The van der Waals surface area contributed by atoms with Crippen molar-refractivity contribution in [2.75, 3.05) is 0 Å². The van der Waals surface area contributed by atoms with Crippen LogP contribution in [-0.4, -0.2) is 17.2 Å². The highest BCUT2D eigenvalue weighted by Crippen LogP contribution is 2.35. The molecule has 106 valence electrons. The lowest BCUT2D eigenvalue weighted by Crippen LogP contribution is -2.27. The summed E-state index contributed by atoms with van der Waals surface area (Å²) in [5, 5.41) is 9.17. The predicted octanol–water partition coefficient (Wildman–Crippen LogP) is 4.18. The lowest BCUT2D eigenvalue weighted by molar-refractivity contribution is -0.145. The molecule has 1 rings (SSSR count). The first kappa shape index (κ1) is 15.5. The van der Waals surface area contributed by atoms with Crippen molar-refractivity contribution >= 4 is 5.97 Å². The van der Waals surface area contributed by atoms with Crippen molar-refractivity contribution in [2.45, 2.75) is 59.0 Å². The van der Waals surface area contributed by atoms with E-state index in [1.54, 1.807) is 0 Å². The lowest BCUT2D eigenvalue weighted by Gasteiger charge is -2.22. The molecule has 1 atom stereocenters. The number of hydrogen-bond acceptors (Lipinski definition) is 2. The number of aliphatic carboxylic acids is 1. The Hall–Kier alpha value is -1.51. The fourth-order valence-electron chi connectivity index (χ4n) is 2.07. The molecule has 0 aliphatic heterocycles. The third-order valence-electron chi connectivity index (χ3n) is 3.23. The molecule has 0 heterocycles. The van der Waals surface area contributed by atoms with Crippen LogP contribution in [0.1, 0.15) is 64.0 Å². The van der Waals surface area contributed by atoms with Crippen molar-refractivity contribution in [1.29, 1.82) is 0 Å². The van der Waals surface area contributed by atoms with Gasteiger partial charge in [0, 0.05) is 0 Å². The molecule has 1 N–H and O–H groups in total. The van der Waals surface area contributed by atoms with Crippen molar-refractivity contribution in [3.8, 4) is 5.75 Å². The Labute approximate surface area is 115 Å². The summed E-state index contributed by atoms with van der Waals surface area (Å²) in [6.45, 7) is 10.2. The minimum atomic E-state index is -0.907. The molecule has 19 heavy (non-hydrogen) atoms. The molecule has 1 aromatic carbocycles. The van der Waals surface area contributed by atoms with Gasteiger partial charge in [-0.05, 0) is 29.4 Å². The first-order valence-corrected chi connectivity index (χ1v) is 6.90. The van der Waals surface area contributed by atoms with Crippen LogP contribution in [0.5, 0.6) is 5.75 Å². The SMILES string of the molecule is CC[C@H](Oc1c(C(C)C)cccc1C(C)C)C(=O)O. The molecule has 0 radical (unpaired) electrons. The summed E-state index contributed by atoms with van der Waals surface area (Å²) >= 11 is 0. The topological polar surface area (TPSA) is 46.5 Å². The molecule has 1 aromatic rings. The van der Waals surface area contributed by atoms with Crippen LogP contribution < -0.4 is 4.74 Å². The van der Waals surface area contributed by atoms with Gasteiger partial charge in [-0.1, -0.05) is 52.8 Å². The molecule has 0 saturated carbocycles. The van der Waals surface area contributed by atoms with Crippen molar-refractivity contribution in [3.63, 3.8) is 0 Å². The normalized spacial score (nSPS) is 12.8. The summed E-state index contributed by atoms with van der Waals surface area (Å²) in [6.07, 6.45) is -0.323. The molecular formula is C16H24O3. The molecule has 0 fully saturated rings. The Morgan fingerprint density at radius 2 is 1.63 bits per heavy atom. The van der Waals surface area contributed by atoms with E-state index in [9.17, 15) is 4.79 Å². The minimum absolute atomic E-state index is 0.306. The van der Waals surface area contributed by atoms with Gasteiger partial charge in [0.2, 0.25) is 0 Å². The Kier molecular flexibility index (Phi) is 5.40. The molecule has 0 aliphatic carbocycles. The molecule has 0 unspecified atom stereocenters. The standard InChI is InChI=1S/C16H24O3/c1-6-14(16(17)18)19-15-12(10(2)3)8-7-9-13(15)11(4)5/h7-11,14H,6H2,1-5H3,(H,17,18)/t14-/m0/s1. The van der Waals surface area contributed by atoms with E-state index < -0.39 is 12.1 Å². The zero-order chi connectivity index (χ0) is 14.6. The number of ether oxygens (including phenoxy) is 1. The van der Waals surface area contributed by atoms with Crippen LogP contribution >= 0.6 is 0 Å². The van der Waals surface area contributed by atoms with Crippen LogP contribution in [0.15, 0.2) is 18.2 Å². The smallest absolute Gasteiger partial charge is 0.344 e. The van der Waals surface area contributed by atoms with Gasteiger partial charge in [0.1, 0.15) is 5.75 Å². The van der Waals surface area contributed by atoms with Crippen LogP contribution in [0.3, 0.4) is 0 Å². The van der Waals surface area contributed by atoms with E-state index in [0.29, 0.717) is 18.3 Å². The highest BCUT2D eigenvalue weighted by molar-refractivity contribution is 5.72. The molecule has 0 aliphatic rings. The van der Waals surface area contributed by atoms with E-state index in [4.69, 9.17) is 9.84 Å². The van der Waals surface area contributed by atoms with E-state index >= 15 is 0 Å². The van der Waals surface area contributed by atoms with E-state index in [0.717, 1.165) is 16.9 Å². The highest BCUT2D eigenvalue weighted by atomic mass is 16.5. The third-order valence-corrected chi connectivity index (χ3v) is 3.23. The Balaban J connectivity index is 3.24. The van der Waals surface area contributed by atoms with Gasteiger partial charge in [-0.25, -0.2) is 4.79 Å². The monoisotopic (exact) mass is 264 g/mol. The molecule has 3 nitrogen and oxygen atoms in total. The van der Waals surface area contributed by atoms with E-state index in [-0.39, 0.29) is 0 Å². The summed E-state index contributed by atoms with van der Waals surface area (Å²) in [7, 11) is 0. The van der Waals surface area contributed by atoms with E-state index in [2.05, 4.69) is 27.7 Å². The fourth-order valence-corrected chi connectivity index (χ4v) is 2.07. The summed E-state index contributed by atoms with van der Waals surface area (Å²) in [6, 6.07) is 6.04. The molecule has 0 saturated heterocycles. The molecule has 0 amide bonds. The Bertz CT molecular complexity index is 409. The third kappa shape index (κ3) is 3.72. The number of hydrogen-bond donors (Lipinski definition) is 1. The fraction of sp³-hybridized carbons (Fsp3) is 0.562. The molecule has 0 bridgehead atoms. The summed E-state index contributed by atoms with van der Waals surface area (Å²) in [5.41, 5.74) is 2.15. The number of carboxylic acid groups (broad SMARTS) is 1. The van der Waals surface area contributed by atoms with Gasteiger partial charge in [0.25, 0.3) is 0 Å². The Morgan fingerprint density at radius 3 is 1.95 bits per heavy atom. The van der Waals surface area contributed by atoms with Crippen LogP contribution in [0.25, 0.3) is 0 Å². The molecule has 3 heteroatoms. The molecular weight excluding hydrogens is 240 g/mol. The van der Waals surface area contributed by atoms with E-state index in [1.165, 1.54) is 0 Å². The van der Waals surface area contributed by atoms with Gasteiger partial charge < -0.3 is 9.84 Å². The Morgan fingerprint density at radius 1 is 1.16 bits per heavy atom. The average molecular weight is 264 g/mol. The number of para-hydroxylation sites is 1. The maximum absolute atomic E-state index is 11.2. The molecule has 0 spiro atoms. The first-order chi connectivity index (χ1) is 8.88. The second-order valence-corrected chi connectivity index (χ2v) is 5.43. The van der Waals surface area contributed by atoms with E-state index in [1.807, 2.05) is 25.1 Å². The zero-order valence-electron chi connectivity index (χ0n) is 12.4. The van der Waals surface area contributed by atoms with Crippen molar-refractivity contribution in [1.82, 2.24) is 0 Å².